The Bertz CT molecular complexity index is 414. The summed E-state index contributed by atoms with van der Waals surface area (Å²) in [5, 5.41) is 3.20. The maximum Gasteiger partial charge on any atom is 0.193 e. The highest BCUT2D eigenvalue weighted by Crippen LogP contribution is 2.14. The Hall–Kier alpha value is -0.500. The Morgan fingerprint density at radius 3 is 2.78 bits per heavy atom. The third-order valence-electron chi connectivity index (χ3n) is 2.45. The van der Waals surface area contributed by atoms with E-state index < -0.39 is 0 Å². The molecule has 0 aliphatic heterocycles. The Kier molecular flexibility index (Phi) is 8.34. The maximum absolute atomic E-state index is 4.22. The lowest BCUT2D eigenvalue weighted by molar-refractivity contribution is 0.465. The zero-order valence-corrected chi connectivity index (χ0v) is 14.9. The first-order chi connectivity index (χ1) is 8.08. The van der Waals surface area contributed by atoms with Crippen molar-refractivity contribution in [2.24, 2.45) is 12.0 Å². The number of guanidine groups is 1. The molecule has 1 aromatic heterocycles. The molecule has 0 atom stereocenters. The highest BCUT2D eigenvalue weighted by molar-refractivity contribution is 14.0. The van der Waals surface area contributed by atoms with Crippen LogP contribution in [0.25, 0.3) is 0 Å². The molecule has 0 aromatic carbocycles. The summed E-state index contributed by atoms with van der Waals surface area (Å²) in [5.41, 5.74) is 1.22. The van der Waals surface area contributed by atoms with Crippen LogP contribution in [0.2, 0.25) is 0 Å². The van der Waals surface area contributed by atoms with Gasteiger partial charge in [0.05, 0.1) is 6.54 Å². The van der Waals surface area contributed by atoms with E-state index in [1.807, 2.05) is 26.4 Å². The van der Waals surface area contributed by atoms with E-state index in [0.717, 1.165) is 17.0 Å². The Morgan fingerprint density at radius 1 is 1.67 bits per heavy atom. The van der Waals surface area contributed by atoms with Crippen LogP contribution in [-0.4, -0.2) is 36.1 Å². The van der Waals surface area contributed by atoms with Gasteiger partial charge in [0.1, 0.15) is 0 Å². The molecular formula is C12H20BrIN4. The predicted octanol–water partition coefficient (Wildman–Crippen LogP) is 2.60. The molecule has 4 nitrogen and oxygen atoms in total. The number of aliphatic imine (C=N–C) groups is 1. The van der Waals surface area contributed by atoms with Gasteiger partial charge in [0, 0.05) is 44.1 Å². The van der Waals surface area contributed by atoms with Crippen molar-refractivity contribution in [3.05, 3.63) is 35.1 Å². The van der Waals surface area contributed by atoms with Crippen LogP contribution >= 0.6 is 39.9 Å². The Labute approximate surface area is 134 Å². The first-order valence-corrected chi connectivity index (χ1v) is 6.21. The summed E-state index contributed by atoms with van der Waals surface area (Å²) < 4.78 is 3.19. The van der Waals surface area contributed by atoms with E-state index in [9.17, 15) is 0 Å². The summed E-state index contributed by atoms with van der Waals surface area (Å²) in [5.74, 6) is 0.863. The topological polar surface area (TPSA) is 32.6 Å². The second-order valence-corrected chi connectivity index (χ2v) is 4.75. The monoisotopic (exact) mass is 426 g/mol. The number of halogens is 2. The van der Waals surface area contributed by atoms with Gasteiger partial charge in [-0.1, -0.05) is 6.08 Å². The summed E-state index contributed by atoms with van der Waals surface area (Å²) >= 11 is 3.47. The van der Waals surface area contributed by atoms with Crippen LogP contribution in [0.15, 0.2) is 34.4 Å². The molecule has 0 aliphatic carbocycles. The third-order valence-corrected chi connectivity index (χ3v) is 2.89. The average molecular weight is 427 g/mol. The molecule has 6 heteroatoms. The second-order valence-electron chi connectivity index (χ2n) is 3.83. The number of aryl methyl sites for hydroxylation is 1. The van der Waals surface area contributed by atoms with Gasteiger partial charge in [-0.05, 0) is 22.0 Å². The molecule has 0 saturated carbocycles. The SMILES string of the molecule is C=CCNC(=NC)N(C)Cc1cc(Br)cn1C.I. The van der Waals surface area contributed by atoms with Crippen LogP contribution in [0.3, 0.4) is 0 Å². The van der Waals surface area contributed by atoms with Gasteiger partial charge < -0.3 is 14.8 Å². The first kappa shape index (κ1) is 17.5. The molecule has 1 N–H and O–H groups in total. The van der Waals surface area contributed by atoms with E-state index in [1.54, 1.807) is 7.05 Å². The van der Waals surface area contributed by atoms with E-state index in [-0.39, 0.29) is 24.0 Å². The van der Waals surface area contributed by atoms with Gasteiger partial charge in [0.25, 0.3) is 0 Å². The molecule has 0 radical (unpaired) electrons. The number of hydrogen-bond acceptors (Lipinski definition) is 1. The summed E-state index contributed by atoms with van der Waals surface area (Å²) in [6.07, 6.45) is 3.86. The molecule has 0 aliphatic rings. The molecule has 1 aromatic rings. The lowest BCUT2D eigenvalue weighted by Crippen LogP contribution is -2.38. The van der Waals surface area contributed by atoms with Gasteiger partial charge >= 0.3 is 0 Å². The van der Waals surface area contributed by atoms with Crippen molar-refractivity contribution in [3.63, 3.8) is 0 Å². The Morgan fingerprint density at radius 2 is 2.33 bits per heavy atom. The van der Waals surface area contributed by atoms with Gasteiger partial charge in [-0.3, -0.25) is 4.99 Å². The standard InChI is InChI=1S/C12H19BrN4.HI/c1-5-6-15-12(14-2)17(4)9-11-7-10(13)8-16(11)3;/h5,7-8H,1,6,9H2,2-4H3,(H,14,15);1H. The van der Waals surface area contributed by atoms with Crippen LogP contribution < -0.4 is 5.32 Å². The molecule has 0 spiro atoms. The highest BCUT2D eigenvalue weighted by atomic mass is 127. The van der Waals surface area contributed by atoms with E-state index in [1.165, 1.54) is 5.69 Å². The molecule has 18 heavy (non-hydrogen) atoms. The lowest BCUT2D eigenvalue weighted by atomic mass is 10.4. The summed E-state index contributed by atoms with van der Waals surface area (Å²) in [4.78, 5) is 6.30. The van der Waals surface area contributed by atoms with Crippen molar-refractivity contribution in [1.29, 1.82) is 0 Å². The van der Waals surface area contributed by atoms with E-state index in [4.69, 9.17) is 0 Å². The van der Waals surface area contributed by atoms with Gasteiger partial charge in [0.2, 0.25) is 0 Å². The van der Waals surface area contributed by atoms with Crippen molar-refractivity contribution in [2.75, 3.05) is 20.6 Å². The van der Waals surface area contributed by atoms with E-state index >= 15 is 0 Å². The van der Waals surface area contributed by atoms with Crippen molar-refractivity contribution < 1.29 is 0 Å². The highest BCUT2D eigenvalue weighted by Gasteiger charge is 2.08. The van der Waals surface area contributed by atoms with E-state index in [0.29, 0.717) is 6.54 Å². The molecule has 1 heterocycles. The zero-order valence-electron chi connectivity index (χ0n) is 11.0. The number of rotatable bonds is 4. The van der Waals surface area contributed by atoms with Crippen LogP contribution in [0.1, 0.15) is 5.69 Å². The molecule has 0 fully saturated rings. The predicted molar refractivity (Wildman–Crippen MR) is 91.6 cm³/mol. The van der Waals surface area contributed by atoms with Crippen LogP contribution in [0.5, 0.6) is 0 Å². The minimum Gasteiger partial charge on any atom is -0.353 e. The average Bonchev–Trinajstić information content (AvgIpc) is 2.58. The number of nitrogens with zero attached hydrogens (tertiary/aromatic N) is 3. The summed E-state index contributed by atoms with van der Waals surface area (Å²) in [6.45, 7) is 5.20. The molecular weight excluding hydrogens is 407 g/mol. The smallest absolute Gasteiger partial charge is 0.193 e. The molecule has 0 amide bonds. The number of nitrogens with one attached hydrogen (secondary N) is 1. The zero-order chi connectivity index (χ0) is 12.8. The van der Waals surface area contributed by atoms with Crippen LogP contribution in [0.4, 0.5) is 0 Å². The second kappa shape index (κ2) is 8.58. The van der Waals surface area contributed by atoms with Gasteiger partial charge in [-0.25, -0.2) is 0 Å². The fourth-order valence-electron chi connectivity index (χ4n) is 1.59. The van der Waals surface area contributed by atoms with Crippen molar-refractivity contribution >= 4 is 45.9 Å². The molecule has 0 saturated heterocycles. The van der Waals surface area contributed by atoms with Crippen molar-refractivity contribution in [1.82, 2.24) is 14.8 Å². The number of aromatic nitrogens is 1. The molecule has 0 unspecified atom stereocenters. The lowest BCUT2D eigenvalue weighted by Gasteiger charge is -2.21. The summed E-state index contributed by atoms with van der Waals surface area (Å²) in [7, 11) is 5.83. The van der Waals surface area contributed by atoms with Gasteiger partial charge in [-0.2, -0.15) is 0 Å². The molecule has 1 rings (SSSR count). The van der Waals surface area contributed by atoms with Gasteiger partial charge in [-0.15, -0.1) is 30.6 Å². The minimum atomic E-state index is 0. The van der Waals surface area contributed by atoms with Crippen LogP contribution in [0, 0.1) is 0 Å². The van der Waals surface area contributed by atoms with Crippen LogP contribution in [-0.2, 0) is 13.6 Å². The van der Waals surface area contributed by atoms with Crippen molar-refractivity contribution in [2.45, 2.75) is 6.54 Å². The maximum atomic E-state index is 4.22. The third kappa shape index (κ3) is 5.01. The van der Waals surface area contributed by atoms with Gasteiger partial charge in [0.15, 0.2) is 5.96 Å². The quantitative estimate of drug-likeness (QED) is 0.347. The normalized spacial score (nSPS) is 10.8. The van der Waals surface area contributed by atoms with E-state index in [2.05, 4.69) is 48.4 Å². The first-order valence-electron chi connectivity index (χ1n) is 5.42. The number of hydrogen-bond donors (Lipinski definition) is 1. The largest absolute Gasteiger partial charge is 0.353 e. The Balaban J connectivity index is 0.00000289. The fourth-order valence-corrected chi connectivity index (χ4v) is 2.16. The molecule has 0 bridgehead atoms. The fraction of sp³-hybridized carbons (Fsp3) is 0.417. The molecule has 102 valence electrons. The summed E-state index contributed by atoms with van der Waals surface area (Å²) in [6, 6.07) is 2.11. The van der Waals surface area contributed by atoms with Crippen molar-refractivity contribution in [3.8, 4) is 0 Å². The minimum absolute atomic E-state index is 0.